The molecule has 0 saturated carbocycles. The Labute approximate surface area is 117 Å². The largest absolute Gasteiger partial charge is 0.361 e. The molecule has 0 aliphatic heterocycles. The van der Waals surface area contributed by atoms with Gasteiger partial charge in [0.1, 0.15) is 5.76 Å². The van der Waals surface area contributed by atoms with Crippen LogP contribution in [0, 0.1) is 20.8 Å². The third kappa shape index (κ3) is 3.20. The Morgan fingerprint density at radius 1 is 1.40 bits per heavy atom. The Balaban J connectivity index is 2.01. The van der Waals surface area contributed by atoms with Gasteiger partial charge in [0.2, 0.25) is 11.9 Å². The van der Waals surface area contributed by atoms with E-state index in [-0.39, 0.29) is 11.8 Å². The van der Waals surface area contributed by atoms with E-state index in [2.05, 4.69) is 20.4 Å². The van der Waals surface area contributed by atoms with Crippen LogP contribution >= 0.6 is 0 Å². The normalized spacial score (nSPS) is 12.2. The van der Waals surface area contributed by atoms with E-state index in [1.807, 2.05) is 27.7 Å². The third-order valence-electron chi connectivity index (χ3n) is 3.12. The lowest BCUT2D eigenvalue weighted by Crippen LogP contribution is -2.16. The number of nitrogens with zero attached hydrogens (tertiary/aromatic N) is 3. The van der Waals surface area contributed by atoms with Gasteiger partial charge in [-0.25, -0.2) is 9.97 Å². The number of aryl methyl sites for hydroxylation is 3. The van der Waals surface area contributed by atoms with Crippen LogP contribution in [-0.4, -0.2) is 21.0 Å². The first-order valence-electron chi connectivity index (χ1n) is 6.49. The van der Waals surface area contributed by atoms with E-state index in [0.29, 0.717) is 12.4 Å². The molecule has 2 aromatic rings. The minimum Gasteiger partial charge on any atom is -0.361 e. The second kappa shape index (κ2) is 5.81. The highest BCUT2D eigenvalue weighted by atomic mass is 16.5. The van der Waals surface area contributed by atoms with Crippen molar-refractivity contribution in [2.75, 3.05) is 5.32 Å². The number of hydrogen-bond donors (Lipinski definition) is 1. The standard InChI is InChI=1S/C14H18N4O2/c1-8(13-10(3)18-20-11(13)4)7-12(19)17-14-15-6-5-9(2)16-14/h5-6,8H,7H2,1-4H3,(H,15,16,17,19)/t8-/m0/s1. The van der Waals surface area contributed by atoms with Gasteiger partial charge in [0.05, 0.1) is 5.69 Å². The van der Waals surface area contributed by atoms with E-state index < -0.39 is 0 Å². The topological polar surface area (TPSA) is 80.9 Å². The highest BCUT2D eigenvalue weighted by Crippen LogP contribution is 2.25. The SMILES string of the molecule is Cc1ccnc(NC(=O)C[C@H](C)c2c(C)noc2C)n1. The Bertz CT molecular complexity index is 602. The van der Waals surface area contributed by atoms with Gasteiger partial charge in [0.25, 0.3) is 0 Å². The Kier molecular flexibility index (Phi) is 4.12. The number of hydrogen-bond acceptors (Lipinski definition) is 5. The zero-order chi connectivity index (χ0) is 14.7. The van der Waals surface area contributed by atoms with Gasteiger partial charge < -0.3 is 4.52 Å². The van der Waals surface area contributed by atoms with Crippen LogP contribution in [-0.2, 0) is 4.79 Å². The number of carbonyl (C=O) groups excluding carboxylic acids is 1. The van der Waals surface area contributed by atoms with Crippen molar-refractivity contribution in [2.24, 2.45) is 0 Å². The second-order valence-corrected chi connectivity index (χ2v) is 4.91. The molecule has 0 aliphatic carbocycles. The monoisotopic (exact) mass is 274 g/mol. The number of anilines is 1. The van der Waals surface area contributed by atoms with Gasteiger partial charge in [-0.2, -0.15) is 0 Å². The van der Waals surface area contributed by atoms with Crippen LogP contribution in [0.15, 0.2) is 16.8 Å². The van der Waals surface area contributed by atoms with E-state index in [0.717, 1.165) is 22.7 Å². The number of amides is 1. The molecule has 0 aliphatic rings. The van der Waals surface area contributed by atoms with Gasteiger partial charge in [-0.05, 0) is 32.8 Å². The van der Waals surface area contributed by atoms with Crippen LogP contribution in [0.25, 0.3) is 0 Å². The van der Waals surface area contributed by atoms with Crippen molar-refractivity contribution in [3.63, 3.8) is 0 Å². The van der Waals surface area contributed by atoms with Crippen LogP contribution in [0.1, 0.15) is 42.0 Å². The van der Waals surface area contributed by atoms with Crippen molar-refractivity contribution in [2.45, 2.75) is 40.0 Å². The Hall–Kier alpha value is -2.24. The fourth-order valence-electron chi connectivity index (χ4n) is 2.26. The summed E-state index contributed by atoms with van der Waals surface area (Å²) in [4.78, 5) is 20.2. The van der Waals surface area contributed by atoms with Crippen molar-refractivity contribution in [3.05, 3.63) is 35.0 Å². The van der Waals surface area contributed by atoms with Crippen molar-refractivity contribution in [3.8, 4) is 0 Å². The molecule has 1 amide bonds. The number of carbonyl (C=O) groups is 1. The van der Waals surface area contributed by atoms with Crippen LogP contribution < -0.4 is 5.32 Å². The first-order chi connectivity index (χ1) is 9.47. The summed E-state index contributed by atoms with van der Waals surface area (Å²) in [7, 11) is 0. The fourth-order valence-corrected chi connectivity index (χ4v) is 2.26. The Morgan fingerprint density at radius 2 is 2.15 bits per heavy atom. The third-order valence-corrected chi connectivity index (χ3v) is 3.12. The fraction of sp³-hybridized carbons (Fsp3) is 0.429. The lowest BCUT2D eigenvalue weighted by Gasteiger charge is -2.10. The number of aromatic nitrogens is 3. The molecular formula is C14H18N4O2. The quantitative estimate of drug-likeness (QED) is 0.926. The summed E-state index contributed by atoms with van der Waals surface area (Å²) in [6, 6.07) is 1.78. The molecule has 0 radical (unpaired) electrons. The molecule has 0 spiro atoms. The zero-order valence-corrected chi connectivity index (χ0v) is 12.1. The molecule has 6 heteroatoms. The summed E-state index contributed by atoms with van der Waals surface area (Å²) in [6.07, 6.45) is 1.95. The molecule has 6 nitrogen and oxygen atoms in total. The van der Waals surface area contributed by atoms with Crippen molar-refractivity contribution in [1.29, 1.82) is 0 Å². The molecule has 2 aromatic heterocycles. The predicted molar refractivity (Wildman–Crippen MR) is 74.4 cm³/mol. The lowest BCUT2D eigenvalue weighted by molar-refractivity contribution is -0.116. The molecule has 2 heterocycles. The highest BCUT2D eigenvalue weighted by molar-refractivity contribution is 5.89. The van der Waals surface area contributed by atoms with E-state index in [1.54, 1.807) is 12.3 Å². The van der Waals surface area contributed by atoms with Gasteiger partial charge >= 0.3 is 0 Å². The molecule has 20 heavy (non-hydrogen) atoms. The van der Waals surface area contributed by atoms with Gasteiger partial charge in [-0.15, -0.1) is 0 Å². The summed E-state index contributed by atoms with van der Waals surface area (Å²) in [5.74, 6) is 1.00. The van der Waals surface area contributed by atoms with Crippen LogP contribution in [0.2, 0.25) is 0 Å². The summed E-state index contributed by atoms with van der Waals surface area (Å²) in [5, 5.41) is 6.61. The first-order valence-corrected chi connectivity index (χ1v) is 6.49. The van der Waals surface area contributed by atoms with E-state index in [4.69, 9.17) is 4.52 Å². The molecule has 1 atom stereocenters. The lowest BCUT2D eigenvalue weighted by atomic mass is 9.96. The zero-order valence-electron chi connectivity index (χ0n) is 12.1. The predicted octanol–water partition coefficient (Wildman–Crippen LogP) is 2.52. The molecule has 1 N–H and O–H groups in total. The molecule has 0 unspecified atom stereocenters. The van der Waals surface area contributed by atoms with E-state index in [9.17, 15) is 4.79 Å². The molecule has 0 aromatic carbocycles. The average Bonchev–Trinajstić information content (AvgIpc) is 2.68. The summed E-state index contributed by atoms with van der Waals surface area (Å²) in [5.41, 5.74) is 2.63. The van der Waals surface area contributed by atoms with E-state index >= 15 is 0 Å². The van der Waals surface area contributed by atoms with Gasteiger partial charge in [0.15, 0.2) is 0 Å². The maximum Gasteiger partial charge on any atom is 0.229 e. The van der Waals surface area contributed by atoms with Crippen molar-refractivity contribution < 1.29 is 9.32 Å². The van der Waals surface area contributed by atoms with Crippen LogP contribution in [0.4, 0.5) is 5.95 Å². The molecule has 0 saturated heterocycles. The molecule has 0 bridgehead atoms. The van der Waals surface area contributed by atoms with Gasteiger partial charge in [-0.1, -0.05) is 12.1 Å². The summed E-state index contributed by atoms with van der Waals surface area (Å²) >= 11 is 0. The van der Waals surface area contributed by atoms with Crippen LogP contribution in [0.5, 0.6) is 0 Å². The van der Waals surface area contributed by atoms with Gasteiger partial charge in [-0.3, -0.25) is 10.1 Å². The smallest absolute Gasteiger partial charge is 0.229 e. The number of rotatable bonds is 4. The average molecular weight is 274 g/mol. The minimum atomic E-state index is -0.122. The summed E-state index contributed by atoms with van der Waals surface area (Å²) in [6.45, 7) is 7.56. The van der Waals surface area contributed by atoms with Crippen molar-refractivity contribution in [1.82, 2.24) is 15.1 Å². The number of nitrogens with one attached hydrogen (secondary N) is 1. The van der Waals surface area contributed by atoms with Crippen LogP contribution in [0.3, 0.4) is 0 Å². The van der Waals surface area contributed by atoms with Crippen molar-refractivity contribution >= 4 is 11.9 Å². The van der Waals surface area contributed by atoms with Gasteiger partial charge in [0, 0.05) is 23.9 Å². The molecule has 2 rings (SSSR count). The summed E-state index contributed by atoms with van der Waals surface area (Å²) < 4.78 is 5.13. The Morgan fingerprint density at radius 3 is 2.75 bits per heavy atom. The maximum absolute atomic E-state index is 12.0. The maximum atomic E-state index is 12.0. The molecular weight excluding hydrogens is 256 g/mol. The first kappa shape index (κ1) is 14.2. The van der Waals surface area contributed by atoms with E-state index in [1.165, 1.54) is 0 Å². The second-order valence-electron chi connectivity index (χ2n) is 4.91. The minimum absolute atomic E-state index is 0.0334. The molecule has 0 fully saturated rings. The molecule has 106 valence electrons. The highest BCUT2D eigenvalue weighted by Gasteiger charge is 2.19.